The summed E-state index contributed by atoms with van der Waals surface area (Å²) in [6, 6.07) is 45.1. The van der Waals surface area contributed by atoms with Gasteiger partial charge in [0.1, 0.15) is 5.82 Å². The molecule has 0 saturated carbocycles. The second-order valence-electron chi connectivity index (χ2n) is 7.73. The topological polar surface area (TPSA) is 17.8 Å². The minimum absolute atomic E-state index is 0.749. The molecular formula is C29H21N2P. The molecule has 0 N–H and O–H groups in total. The number of para-hydroxylation sites is 2. The minimum Gasteiger partial charge on any atom is -0.294 e. The van der Waals surface area contributed by atoms with Gasteiger partial charge in [-0.05, 0) is 34.9 Å². The number of pyridine rings is 1. The average molecular weight is 428 g/mol. The van der Waals surface area contributed by atoms with Gasteiger partial charge in [-0.3, -0.25) is 4.57 Å². The maximum atomic E-state index is 5.26. The number of nitrogens with zero attached hydrogens (tertiary/aromatic N) is 2. The van der Waals surface area contributed by atoms with Crippen LogP contribution in [0.15, 0.2) is 127 Å². The van der Waals surface area contributed by atoms with Gasteiger partial charge in [0, 0.05) is 18.7 Å². The summed E-state index contributed by atoms with van der Waals surface area (Å²) in [6.07, 6.45) is 0. The molecule has 6 aromatic rings. The van der Waals surface area contributed by atoms with E-state index in [-0.39, 0.29) is 0 Å². The molecule has 0 saturated heterocycles. The van der Waals surface area contributed by atoms with Crippen molar-refractivity contribution in [3.63, 3.8) is 0 Å². The van der Waals surface area contributed by atoms with E-state index in [0.717, 1.165) is 11.3 Å². The Kier molecular flexibility index (Phi) is 4.79. The largest absolute Gasteiger partial charge is 0.294 e. The zero-order valence-corrected chi connectivity index (χ0v) is 18.4. The fourth-order valence-corrected chi connectivity index (χ4v) is 6.60. The number of aromatic nitrogens is 2. The Labute approximate surface area is 188 Å². The van der Waals surface area contributed by atoms with Crippen molar-refractivity contribution in [1.82, 2.24) is 9.55 Å². The summed E-state index contributed by atoms with van der Waals surface area (Å²) in [5.74, 6) is 0.958. The van der Waals surface area contributed by atoms with Crippen LogP contribution in [0.4, 0.5) is 0 Å². The lowest BCUT2D eigenvalue weighted by molar-refractivity contribution is 1.10. The Balaban J connectivity index is 1.59. The molecule has 0 fully saturated rings. The highest BCUT2D eigenvalue weighted by molar-refractivity contribution is 7.79. The van der Waals surface area contributed by atoms with Crippen molar-refractivity contribution in [2.24, 2.45) is 0 Å². The standard InChI is InChI=1S/C29H21N2P/c1-3-12-22(13-4-1)32(23-14-5-2-6-15-23)29-21-11-20-28(30-29)31-26-18-9-7-16-24(26)25-17-8-10-19-27(25)31/h1-21H. The maximum absolute atomic E-state index is 5.26. The molecule has 0 bridgehead atoms. The quantitative estimate of drug-likeness (QED) is 0.318. The number of hydrogen-bond acceptors (Lipinski definition) is 1. The van der Waals surface area contributed by atoms with Gasteiger partial charge in [0.05, 0.1) is 16.5 Å². The molecule has 2 aromatic heterocycles. The fraction of sp³-hybridized carbons (Fsp3) is 0. The van der Waals surface area contributed by atoms with Gasteiger partial charge < -0.3 is 0 Å². The predicted octanol–water partition coefficient (Wildman–Crippen LogP) is 5.94. The van der Waals surface area contributed by atoms with Crippen LogP contribution in [-0.2, 0) is 0 Å². The zero-order chi connectivity index (χ0) is 21.3. The van der Waals surface area contributed by atoms with Gasteiger partial charge in [-0.2, -0.15) is 0 Å². The molecule has 0 atom stereocenters. The molecule has 0 unspecified atom stereocenters. The van der Waals surface area contributed by atoms with Gasteiger partial charge in [-0.15, -0.1) is 0 Å². The third-order valence-corrected chi connectivity index (χ3v) is 8.12. The highest BCUT2D eigenvalue weighted by Crippen LogP contribution is 2.34. The fourth-order valence-electron chi connectivity index (χ4n) is 4.40. The van der Waals surface area contributed by atoms with Crippen molar-refractivity contribution in [2.45, 2.75) is 0 Å². The van der Waals surface area contributed by atoms with Crippen molar-refractivity contribution >= 4 is 45.8 Å². The predicted molar refractivity (Wildman–Crippen MR) is 137 cm³/mol. The first-order chi connectivity index (χ1) is 15.9. The SMILES string of the molecule is c1ccc(P(c2ccccc2)c2cccc(-n3c4ccccc4c4ccccc43)n2)cc1. The van der Waals surface area contributed by atoms with E-state index in [2.05, 4.69) is 132 Å². The van der Waals surface area contributed by atoms with Crippen LogP contribution in [0.3, 0.4) is 0 Å². The Morgan fingerprint density at radius 2 is 0.969 bits per heavy atom. The summed E-state index contributed by atoms with van der Waals surface area (Å²) in [6.45, 7) is 0. The van der Waals surface area contributed by atoms with Crippen LogP contribution in [0.5, 0.6) is 0 Å². The van der Waals surface area contributed by atoms with E-state index in [0.29, 0.717) is 0 Å². The number of hydrogen-bond donors (Lipinski definition) is 0. The molecule has 6 rings (SSSR count). The molecule has 32 heavy (non-hydrogen) atoms. The highest BCUT2D eigenvalue weighted by Gasteiger charge is 2.19. The van der Waals surface area contributed by atoms with E-state index < -0.39 is 7.92 Å². The molecule has 0 amide bonds. The van der Waals surface area contributed by atoms with Gasteiger partial charge in [0.15, 0.2) is 0 Å². The first-order valence-electron chi connectivity index (χ1n) is 10.8. The molecule has 2 nitrogen and oxygen atoms in total. The number of fused-ring (bicyclic) bond motifs is 3. The summed E-state index contributed by atoms with van der Waals surface area (Å²) in [7, 11) is -0.749. The van der Waals surface area contributed by atoms with Crippen molar-refractivity contribution < 1.29 is 0 Å². The van der Waals surface area contributed by atoms with Crippen LogP contribution >= 0.6 is 7.92 Å². The maximum Gasteiger partial charge on any atom is 0.138 e. The van der Waals surface area contributed by atoms with Crippen LogP contribution in [0, 0.1) is 0 Å². The van der Waals surface area contributed by atoms with E-state index in [1.54, 1.807) is 0 Å². The molecule has 2 heterocycles. The van der Waals surface area contributed by atoms with E-state index in [1.165, 1.54) is 32.4 Å². The van der Waals surface area contributed by atoms with Crippen molar-refractivity contribution in [3.05, 3.63) is 127 Å². The van der Waals surface area contributed by atoms with Gasteiger partial charge in [-0.25, -0.2) is 4.98 Å². The second kappa shape index (κ2) is 8.07. The van der Waals surface area contributed by atoms with E-state index in [9.17, 15) is 0 Å². The molecule has 0 radical (unpaired) electrons. The lowest BCUT2D eigenvalue weighted by Gasteiger charge is -2.19. The smallest absolute Gasteiger partial charge is 0.138 e. The van der Waals surface area contributed by atoms with Crippen molar-refractivity contribution in [1.29, 1.82) is 0 Å². The monoisotopic (exact) mass is 428 g/mol. The Hall–Kier alpha value is -3.74. The van der Waals surface area contributed by atoms with Crippen molar-refractivity contribution in [2.75, 3.05) is 0 Å². The summed E-state index contributed by atoms with van der Waals surface area (Å²) >= 11 is 0. The lowest BCUT2D eigenvalue weighted by atomic mass is 10.2. The third-order valence-electron chi connectivity index (χ3n) is 5.79. The zero-order valence-electron chi connectivity index (χ0n) is 17.5. The van der Waals surface area contributed by atoms with Gasteiger partial charge in [-0.1, -0.05) is 103 Å². The Morgan fingerprint density at radius 3 is 1.53 bits per heavy atom. The van der Waals surface area contributed by atoms with Crippen molar-refractivity contribution in [3.8, 4) is 5.82 Å². The molecule has 0 aliphatic heterocycles. The summed E-state index contributed by atoms with van der Waals surface area (Å²) in [5.41, 5.74) is 3.47. The number of rotatable bonds is 4. The Bertz CT molecular complexity index is 1430. The summed E-state index contributed by atoms with van der Waals surface area (Å²) < 4.78 is 2.29. The summed E-state index contributed by atoms with van der Waals surface area (Å²) in [5, 5.41) is 5.12. The molecule has 4 aromatic carbocycles. The van der Waals surface area contributed by atoms with Gasteiger partial charge in [0.25, 0.3) is 0 Å². The molecule has 0 spiro atoms. The van der Waals surface area contributed by atoms with E-state index in [4.69, 9.17) is 4.98 Å². The molecule has 0 aliphatic rings. The van der Waals surface area contributed by atoms with E-state index in [1.807, 2.05) is 0 Å². The average Bonchev–Trinajstić information content (AvgIpc) is 3.20. The third kappa shape index (κ3) is 3.21. The highest BCUT2D eigenvalue weighted by atomic mass is 31.1. The Morgan fingerprint density at radius 1 is 0.469 bits per heavy atom. The molecule has 0 aliphatic carbocycles. The normalized spacial score (nSPS) is 11.4. The van der Waals surface area contributed by atoms with Crippen LogP contribution in [0.1, 0.15) is 0 Å². The molecule has 152 valence electrons. The van der Waals surface area contributed by atoms with Crippen LogP contribution in [0.2, 0.25) is 0 Å². The van der Waals surface area contributed by atoms with E-state index >= 15 is 0 Å². The van der Waals surface area contributed by atoms with Crippen LogP contribution in [-0.4, -0.2) is 9.55 Å². The first kappa shape index (κ1) is 19.0. The number of benzene rings is 4. The molecule has 3 heteroatoms. The second-order valence-corrected chi connectivity index (χ2v) is 9.89. The minimum atomic E-state index is -0.749. The first-order valence-corrected chi connectivity index (χ1v) is 12.1. The summed E-state index contributed by atoms with van der Waals surface area (Å²) in [4.78, 5) is 5.26. The van der Waals surface area contributed by atoms with Crippen LogP contribution < -0.4 is 16.0 Å². The van der Waals surface area contributed by atoms with Gasteiger partial charge >= 0.3 is 0 Å². The van der Waals surface area contributed by atoms with Gasteiger partial charge in [0.2, 0.25) is 0 Å². The lowest BCUT2D eigenvalue weighted by Crippen LogP contribution is -2.23. The molecular weight excluding hydrogens is 407 g/mol. The van der Waals surface area contributed by atoms with Crippen LogP contribution in [0.25, 0.3) is 27.6 Å².